The molecule has 0 bridgehead atoms. The first kappa shape index (κ1) is 14.6. The molecule has 0 saturated heterocycles. The van der Waals surface area contributed by atoms with Crippen LogP contribution in [0.25, 0.3) is 11.0 Å². The van der Waals surface area contributed by atoms with Crippen LogP contribution >= 0.6 is 11.3 Å². The van der Waals surface area contributed by atoms with Crippen LogP contribution in [0.15, 0.2) is 36.0 Å². The number of nitrogens with one attached hydrogen (secondary N) is 3. The van der Waals surface area contributed by atoms with E-state index in [9.17, 15) is 4.79 Å². The molecule has 1 atom stereocenters. The highest BCUT2D eigenvalue weighted by molar-refractivity contribution is 7.12. The molecule has 3 heterocycles. The molecule has 4 N–H and O–H groups in total. The Morgan fingerprint density at radius 3 is 3.09 bits per heavy atom. The van der Waals surface area contributed by atoms with Crippen LogP contribution in [0.5, 0.6) is 0 Å². The lowest BCUT2D eigenvalue weighted by Gasteiger charge is -2.12. The molecule has 0 aliphatic heterocycles. The van der Waals surface area contributed by atoms with Crippen molar-refractivity contribution < 1.29 is 9.90 Å². The minimum Gasteiger partial charge on any atom is -0.394 e. The van der Waals surface area contributed by atoms with E-state index in [1.165, 1.54) is 11.3 Å². The lowest BCUT2D eigenvalue weighted by atomic mass is 10.2. The molecular formula is C15H16N4O2S. The normalized spacial score (nSPS) is 12.3. The molecule has 0 spiro atoms. The van der Waals surface area contributed by atoms with E-state index in [4.69, 9.17) is 5.11 Å². The van der Waals surface area contributed by atoms with Gasteiger partial charge >= 0.3 is 0 Å². The highest BCUT2D eigenvalue weighted by Crippen LogP contribution is 2.29. The second kappa shape index (κ2) is 6.17. The van der Waals surface area contributed by atoms with Crippen molar-refractivity contribution in [1.82, 2.24) is 15.3 Å². The Morgan fingerprint density at radius 1 is 1.41 bits per heavy atom. The summed E-state index contributed by atoms with van der Waals surface area (Å²) < 4.78 is 0. The van der Waals surface area contributed by atoms with E-state index in [-0.39, 0.29) is 18.6 Å². The topological polar surface area (TPSA) is 90.0 Å². The number of thiophene rings is 1. The van der Waals surface area contributed by atoms with Crippen LogP contribution in [-0.2, 0) is 0 Å². The molecule has 3 aromatic rings. The summed E-state index contributed by atoms with van der Waals surface area (Å²) >= 11 is 1.36. The Kier molecular flexibility index (Phi) is 4.08. The van der Waals surface area contributed by atoms with Gasteiger partial charge in [-0.05, 0) is 30.5 Å². The second-order valence-corrected chi connectivity index (χ2v) is 5.86. The Morgan fingerprint density at radius 2 is 2.27 bits per heavy atom. The zero-order valence-corrected chi connectivity index (χ0v) is 12.8. The predicted molar refractivity (Wildman–Crippen MR) is 87.7 cm³/mol. The van der Waals surface area contributed by atoms with Gasteiger partial charge in [0.15, 0.2) is 0 Å². The van der Waals surface area contributed by atoms with Crippen molar-refractivity contribution in [3.05, 3.63) is 40.8 Å². The summed E-state index contributed by atoms with van der Waals surface area (Å²) in [6.45, 7) is 1.67. The summed E-state index contributed by atoms with van der Waals surface area (Å²) in [5.41, 5.74) is 2.41. The van der Waals surface area contributed by atoms with E-state index >= 15 is 0 Å². The third-order valence-corrected chi connectivity index (χ3v) is 4.17. The number of aliphatic hydroxyl groups excluding tert-OH is 1. The smallest absolute Gasteiger partial charge is 0.263 e. The fourth-order valence-corrected chi connectivity index (χ4v) is 2.89. The highest BCUT2D eigenvalue weighted by Gasteiger charge is 2.16. The Bertz CT molecular complexity index is 796. The van der Waals surface area contributed by atoms with E-state index < -0.39 is 0 Å². The third kappa shape index (κ3) is 2.81. The lowest BCUT2D eigenvalue weighted by Crippen LogP contribution is -2.34. The molecule has 0 aliphatic rings. The number of nitrogens with zero attached hydrogens (tertiary/aromatic N) is 1. The van der Waals surface area contributed by atoms with Gasteiger partial charge in [0.2, 0.25) is 0 Å². The number of rotatable bonds is 5. The number of aromatic nitrogens is 2. The van der Waals surface area contributed by atoms with E-state index in [1.807, 2.05) is 29.8 Å². The number of amides is 1. The number of hydrogen-bond acceptors (Lipinski definition) is 5. The van der Waals surface area contributed by atoms with Crippen molar-refractivity contribution in [2.45, 2.75) is 13.0 Å². The predicted octanol–water partition coefficient (Wildman–Crippen LogP) is 2.48. The summed E-state index contributed by atoms with van der Waals surface area (Å²) in [5, 5.41) is 17.9. The van der Waals surface area contributed by atoms with Gasteiger partial charge in [-0.25, -0.2) is 4.98 Å². The molecule has 3 aromatic heterocycles. The van der Waals surface area contributed by atoms with Gasteiger partial charge in [-0.15, -0.1) is 11.3 Å². The number of anilines is 2. The summed E-state index contributed by atoms with van der Waals surface area (Å²) in [6.07, 6.45) is 3.54. The molecule has 0 saturated carbocycles. The van der Waals surface area contributed by atoms with Gasteiger partial charge < -0.3 is 20.7 Å². The number of pyridine rings is 1. The quantitative estimate of drug-likeness (QED) is 0.582. The van der Waals surface area contributed by atoms with Crippen molar-refractivity contribution in [2.75, 3.05) is 11.9 Å². The van der Waals surface area contributed by atoms with Crippen molar-refractivity contribution in [3.63, 3.8) is 0 Å². The van der Waals surface area contributed by atoms with Crippen LogP contribution in [0.3, 0.4) is 0 Å². The molecule has 1 amide bonds. The van der Waals surface area contributed by atoms with Crippen LogP contribution < -0.4 is 10.6 Å². The number of aromatic amines is 1. The van der Waals surface area contributed by atoms with Crippen LogP contribution in [0.2, 0.25) is 0 Å². The summed E-state index contributed by atoms with van der Waals surface area (Å²) in [7, 11) is 0. The summed E-state index contributed by atoms with van der Waals surface area (Å²) in [6, 6.07) is 5.39. The lowest BCUT2D eigenvalue weighted by molar-refractivity contribution is 0.0927. The fourth-order valence-electron chi connectivity index (χ4n) is 2.13. The van der Waals surface area contributed by atoms with Crippen LogP contribution in [0.4, 0.5) is 11.4 Å². The molecule has 1 unspecified atom stereocenters. The molecular weight excluding hydrogens is 300 g/mol. The van der Waals surface area contributed by atoms with Gasteiger partial charge in [0.05, 0.1) is 18.0 Å². The maximum Gasteiger partial charge on any atom is 0.263 e. The van der Waals surface area contributed by atoms with E-state index in [2.05, 4.69) is 20.6 Å². The number of aliphatic hydroxyl groups is 1. The molecule has 6 nitrogen and oxygen atoms in total. The van der Waals surface area contributed by atoms with Gasteiger partial charge in [-0.2, -0.15) is 0 Å². The molecule has 7 heteroatoms. The molecule has 0 fully saturated rings. The van der Waals surface area contributed by atoms with E-state index in [0.717, 1.165) is 22.4 Å². The molecule has 0 aliphatic carbocycles. The monoisotopic (exact) mass is 316 g/mol. The standard InChI is InChI=1S/C15H16N4O2S/c1-9(8-20)18-15(21)13-12(4-7-22-13)19-11-3-6-17-14-10(11)2-5-16-14/h2-7,9,20H,8H2,1H3,(H,18,21)(H2,16,17,19). The Hall–Kier alpha value is -2.38. The molecule has 3 rings (SSSR count). The van der Waals surface area contributed by atoms with E-state index in [1.54, 1.807) is 13.1 Å². The van der Waals surface area contributed by atoms with Crippen molar-refractivity contribution in [3.8, 4) is 0 Å². The Balaban J connectivity index is 1.86. The first-order valence-corrected chi connectivity index (χ1v) is 7.75. The van der Waals surface area contributed by atoms with Gasteiger partial charge in [0.1, 0.15) is 10.5 Å². The van der Waals surface area contributed by atoms with Crippen LogP contribution in [-0.4, -0.2) is 33.6 Å². The van der Waals surface area contributed by atoms with Crippen molar-refractivity contribution in [1.29, 1.82) is 0 Å². The number of hydrogen-bond donors (Lipinski definition) is 4. The minimum absolute atomic E-state index is 0.0891. The third-order valence-electron chi connectivity index (χ3n) is 3.25. The van der Waals surface area contributed by atoms with Crippen LogP contribution in [0.1, 0.15) is 16.6 Å². The van der Waals surface area contributed by atoms with Gasteiger partial charge in [0.25, 0.3) is 5.91 Å². The maximum absolute atomic E-state index is 12.2. The maximum atomic E-state index is 12.2. The first-order valence-electron chi connectivity index (χ1n) is 6.87. The second-order valence-electron chi connectivity index (χ2n) is 4.94. The van der Waals surface area contributed by atoms with Crippen LogP contribution in [0, 0.1) is 0 Å². The first-order chi connectivity index (χ1) is 10.7. The van der Waals surface area contributed by atoms with Crippen molar-refractivity contribution >= 4 is 39.7 Å². The number of carbonyl (C=O) groups is 1. The van der Waals surface area contributed by atoms with Crippen molar-refractivity contribution in [2.24, 2.45) is 0 Å². The largest absolute Gasteiger partial charge is 0.394 e. The van der Waals surface area contributed by atoms with Gasteiger partial charge in [0, 0.05) is 23.8 Å². The molecule has 0 aromatic carbocycles. The number of carbonyl (C=O) groups excluding carboxylic acids is 1. The molecule has 0 radical (unpaired) electrons. The van der Waals surface area contributed by atoms with Gasteiger partial charge in [-0.1, -0.05) is 0 Å². The van der Waals surface area contributed by atoms with E-state index in [0.29, 0.717) is 4.88 Å². The summed E-state index contributed by atoms with van der Waals surface area (Å²) in [4.78, 5) is 20.1. The number of fused-ring (bicyclic) bond motifs is 1. The number of H-pyrrole nitrogens is 1. The SMILES string of the molecule is CC(CO)NC(=O)c1sccc1Nc1ccnc2[nH]ccc12. The average Bonchev–Trinajstić information content (AvgIpc) is 3.16. The Labute approximate surface area is 131 Å². The average molecular weight is 316 g/mol. The molecule has 22 heavy (non-hydrogen) atoms. The summed E-state index contributed by atoms with van der Waals surface area (Å²) in [5.74, 6) is -0.196. The zero-order chi connectivity index (χ0) is 15.5. The zero-order valence-electron chi connectivity index (χ0n) is 12.0. The highest BCUT2D eigenvalue weighted by atomic mass is 32.1. The fraction of sp³-hybridized carbons (Fsp3) is 0.200. The molecule has 114 valence electrons. The van der Waals surface area contributed by atoms with Gasteiger partial charge in [-0.3, -0.25) is 4.79 Å². The minimum atomic E-state index is -0.278.